The van der Waals surface area contributed by atoms with Gasteiger partial charge in [-0.1, -0.05) is 30.3 Å². The van der Waals surface area contributed by atoms with E-state index in [1.807, 2.05) is 30.3 Å². The fraction of sp³-hybridized carbons (Fsp3) is 0.632. The Morgan fingerprint density at radius 1 is 0.760 bits per heavy atom. The number of benzene rings is 1. The van der Waals surface area contributed by atoms with Crippen molar-refractivity contribution in [1.82, 2.24) is 0 Å². The second-order valence-corrected chi connectivity index (χ2v) is 5.79. The van der Waals surface area contributed by atoms with Crippen LogP contribution in [0.15, 0.2) is 30.3 Å². The number of ether oxygens (including phenoxy) is 5. The van der Waals surface area contributed by atoms with Crippen LogP contribution >= 0.6 is 0 Å². The zero-order valence-electron chi connectivity index (χ0n) is 14.7. The Balaban J connectivity index is 1.83. The van der Waals surface area contributed by atoms with Crippen LogP contribution in [0.3, 0.4) is 0 Å². The molecular formula is C19H28O6. The number of carbonyl (C=O) groups is 1. The Kier molecular flexibility index (Phi) is 10.2. The van der Waals surface area contributed by atoms with E-state index in [9.17, 15) is 4.79 Å². The first-order chi connectivity index (χ1) is 12.4. The minimum Gasteiger partial charge on any atom is -0.464 e. The van der Waals surface area contributed by atoms with Crippen molar-refractivity contribution >= 4 is 5.97 Å². The van der Waals surface area contributed by atoms with Crippen molar-refractivity contribution in [3.63, 3.8) is 0 Å². The molecule has 1 aliphatic rings. The van der Waals surface area contributed by atoms with E-state index < -0.39 is 0 Å². The van der Waals surface area contributed by atoms with Gasteiger partial charge in [-0.2, -0.15) is 0 Å². The van der Waals surface area contributed by atoms with Crippen molar-refractivity contribution in [3.05, 3.63) is 35.9 Å². The summed E-state index contributed by atoms with van der Waals surface area (Å²) in [6.45, 7) is 3.45. The summed E-state index contributed by atoms with van der Waals surface area (Å²) in [6.07, 6.45) is 2.52. The summed E-state index contributed by atoms with van der Waals surface area (Å²) in [7, 11) is 0. The first-order valence-electron chi connectivity index (χ1n) is 8.91. The minimum atomic E-state index is -0.340. The first kappa shape index (κ1) is 19.8. The summed E-state index contributed by atoms with van der Waals surface area (Å²) in [5, 5.41) is 0. The maximum Gasteiger partial charge on any atom is 0.332 e. The maximum absolute atomic E-state index is 11.7. The van der Waals surface area contributed by atoms with Crippen LogP contribution in [0.4, 0.5) is 0 Å². The lowest BCUT2D eigenvalue weighted by atomic mass is 10.1. The maximum atomic E-state index is 11.7. The zero-order chi connectivity index (χ0) is 17.6. The number of carbonyl (C=O) groups excluding carboxylic acids is 1. The molecule has 0 saturated carbocycles. The zero-order valence-corrected chi connectivity index (χ0v) is 14.7. The minimum absolute atomic E-state index is 0.0632. The summed E-state index contributed by atoms with van der Waals surface area (Å²) >= 11 is 0. The lowest BCUT2D eigenvalue weighted by Gasteiger charge is -2.18. The summed E-state index contributed by atoms with van der Waals surface area (Å²) < 4.78 is 27.5. The predicted molar refractivity (Wildman–Crippen MR) is 92.4 cm³/mol. The molecule has 6 nitrogen and oxygen atoms in total. The third-order valence-corrected chi connectivity index (χ3v) is 3.78. The van der Waals surface area contributed by atoms with E-state index in [4.69, 9.17) is 23.7 Å². The van der Waals surface area contributed by atoms with E-state index in [0.29, 0.717) is 46.2 Å². The van der Waals surface area contributed by atoms with Crippen molar-refractivity contribution in [1.29, 1.82) is 0 Å². The third-order valence-electron chi connectivity index (χ3n) is 3.78. The van der Waals surface area contributed by atoms with Gasteiger partial charge in [0.15, 0.2) is 0 Å². The highest BCUT2D eigenvalue weighted by Crippen LogP contribution is 2.17. The Labute approximate surface area is 149 Å². The van der Waals surface area contributed by atoms with Gasteiger partial charge >= 0.3 is 5.97 Å². The third kappa shape index (κ3) is 8.97. The van der Waals surface area contributed by atoms with Crippen LogP contribution in [0.25, 0.3) is 0 Å². The molecule has 0 radical (unpaired) electrons. The molecule has 1 atom stereocenters. The van der Waals surface area contributed by atoms with E-state index >= 15 is 0 Å². The second-order valence-electron chi connectivity index (χ2n) is 5.79. The molecule has 0 spiro atoms. The van der Waals surface area contributed by atoms with Gasteiger partial charge in [-0.05, 0) is 24.8 Å². The number of cyclic esters (lactones) is 1. The molecule has 1 saturated heterocycles. The Morgan fingerprint density at radius 2 is 1.48 bits per heavy atom. The highest BCUT2D eigenvalue weighted by atomic mass is 16.6. The molecule has 1 aromatic carbocycles. The smallest absolute Gasteiger partial charge is 0.332 e. The standard InChI is InChI=1S/C19H28O6/c20-19-16-23-15-18(17-7-3-1-4-8-17)24-14-13-22-12-11-21-9-5-2-6-10-25-19/h1,3-4,7-8,18H,2,5-6,9-16H2. The molecule has 1 aromatic rings. The highest BCUT2D eigenvalue weighted by molar-refractivity contribution is 5.70. The largest absolute Gasteiger partial charge is 0.464 e. The Morgan fingerprint density at radius 3 is 2.32 bits per heavy atom. The molecule has 0 aliphatic carbocycles. The summed E-state index contributed by atoms with van der Waals surface area (Å²) in [5.74, 6) is -0.340. The van der Waals surface area contributed by atoms with E-state index in [0.717, 1.165) is 24.8 Å². The number of esters is 1. The monoisotopic (exact) mass is 352 g/mol. The quantitative estimate of drug-likeness (QED) is 0.724. The molecule has 140 valence electrons. The lowest BCUT2D eigenvalue weighted by molar-refractivity contribution is -0.151. The first-order valence-corrected chi connectivity index (χ1v) is 8.91. The SMILES string of the molecule is O=C1COCC(c2ccccc2)OCCOCCOCCCCCO1. The molecule has 0 aromatic heterocycles. The summed E-state index contributed by atoms with van der Waals surface area (Å²) in [5.41, 5.74) is 1.01. The molecule has 0 bridgehead atoms. The van der Waals surface area contributed by atoms with Crippen molar-refractivity contribution < 1.29 is 28.5 Å². The van der Waals surface area contributed by atoms with Gasteiger partial charge in [0.25, 0.3) is 0 Å². The number of hydrogen-bond acceptors (Lipinski definition) is 6. The van der Waals surface area contributed by atoms with Gasteiger partial charge in [-0.15, -0.1) is 0 Å². The fourth-order valence-corrected chi connectivity index (χ4v) is 2.44. The van der Waals surface area contributed by atoms with Crippen LogP contribution in [-0.2, 0) is 28.5 Å². The normalized spacial score (nSPS) is 23.2. The molecule has 0 amide bonds. The molecule has 1 fully saturated rings. The van der Waals surface area contributed by atoms with Crippen LogP contribution in [0, 0.1) is 0 Å². The van der Waals surface area contributed by atoms with Gasteiger partial charge in [0.1, 0.15) is 12.7 Å². The van der Waals surface area contributed by atoms with E-state index in [1.54, 1.807) is 0 Å². The van der Waals surface area contributed by atoms with Crippen LogP contribution in [0.2, 0.25) is 0 Å². The Hall–Kier alpha value is -1.47. The van der Waals surface area contributed by atoms with E-state index in [2.05, 4.69) is 0 Å². The topological polar surface area (TPSA) is 63.2 Å². The molecule has 1 heterocycles. The van der Waals surface area contributed by atoms with E-state index in [1.165, 1.54) is 0 Å². The average molecular weight is 352 g/mol. The van der Waals surface area contributed by atoms with Crippen LogP contribution in [0.5, 0.6) is 0 Å². The van der Waals surface area contributed by atoms with Gasteiger partial charge in [-0.3, -0.25) is 0 Å². The van der Waals surface area contributed by atoms with Crippen molar-refractivity contribution in [2.45, 2.75) is 25.4 Å². The average Bonchev–Trinajstić information content (AvgIpc) is 2.64. The van der Waals surface area contributed by atoms with Crippen molar-refractivity contribution in [3.8, 4) is 0 Å². The molecule has 6 heteroatoms. The van der Waals surface area contributed by atoms with Gasteiger partial charge in [0, 0.05) is 6.61 Å². The van der Waals surface area contributed by atoms with Crippen molar-refractivity contribution in [2.75, 3.05) is 52.9 Å². The van der Waals surface area contributed by atoms with Gasteiger partial charge in [0.2, 0.25) is 0 Å². The lowest BCUT2D eigenvalue weighted by Crippen LogP contribution is -2.20. The predicted octanol–water partition coefficient (Wildman–Crippen LogP) is 2.52. The molecule has 1 unspecified atom stereocenters. The van der Waals surface area contributed by atoms with Crippen molar-refractivity contribution in [2.24, 2.45) is 0 Å². The second kappa shape index (κ2) is 12.8. The van der Waals surface area contributed by atoms with Crippen LogP contribution in [-0.4, -0.2) is 58.8 Å². The van der Waals surface area contributed by atoms with Crippen LogP contribution in [0.1, 0.15) is 30.9 Å². The molecule has 25 heavy (non-hydrogen) atoms. The fourth-order valence-electron chi connectivity index (χ4n) is 2.44. The molecular weight excluding hydrogens is 324 g/mol. The van der Waals surface area contributed by atoms with E-state index in [-0.39, 0.29) is 18.7 Å². The summed E-state index contributed by atoms with van der Waals surface area (Å²) in [4.78, 5) is 11.7. The Bertz CT molecular complexity index is 464. The summed E-state index contributed by atoms with van der Waals surface area (Å²) in [6, 6.07) is 9.81. The van der Waals surface area contributed by atoms with Gasteiger partial charge in [-0.25, -0.2) is 4.79 Å². The molecule has 1 aliphatic heterocycles. The van der Waals surface area contributed by atoms with Crippen LogP contribution < -0.4 is 0 Å². The number of rotatable bonds is 1. The molecule has 0 N–H and O–H groups in total. The highest BCUT2D eigenvalue weighted by Gasteiger charge is 2.14. The number of hydrogen-bond donors (Lipinski definition) is 0. The van der Waals surface area contributed by atoms with Gasteiger partial charge in [0.05, 0.1) is 39.6 Å². The molecule has 2 rings (SSSR count). The van der Waals surface area contributed by atoms with Gasteiger partial charge < -0.3 is 23.7 Å².